The third kappa shape index (κ3) is 3.62. The van der Waals surface area contributed by atoms with E-state index >= 15 is 0 Å². The lowest BCUT2D eigenvalue weighted by Gasteiger charge is -2.02. The highest BCUT2D eigenvalue weighted by atomic mass is 32.9. The van der Waals surface area contributed by atoms with E-state index in [0.29, 0.717) is 20.9 Å². The van der Waals surface area contributed by atoms with E-state index in [0.717, 1.165) is 0 Å². The molecule has 3 aromatic rings. The van der Waals surface area contributed by atoms with Gasteiger partial charge in [0.1, 0.15) is 0 Å². The molecule has 0 saturated carbocycles. The number of carbonyl (C=O) groups is 1. The zero-order chi connectivity index (χ0) is 17.8. The van der Waals surface area contributed by atoms with E-state index in [2.05, 4.69) is 9.98 Å². The fourth-order valence-electron chi connectivity index (χ4n) is 2.11. The summed E-state index contributed by atoms with van der Waals surface area (Å²) < 4.78 is 1.71. The summed E-state index contributed by atoms with van der Waals surface area (Å²) in [6.45, 7) is 0. The Labute approximate surface area is 149 Å². The average Bonchev–Trinajstić information content (AvgIpc) is 3.05. The number of hydrogen-bond donors (Lipinski definition) is 0. The zero-order valence-corrected chi connectivity index (χ0v) is 14.7. The zero-order valence-electron chi connectivity index (χ0n) is 13.0. The van der Waals surface area contributed by atoms with E-state index in [1.165, 1.54) is 32.8 Å². The van der Waals surface area contributed by atoms with Crippen molar-refractivity contribution in [2.75, 3.05) is 7.05 Å². The fourth-order valence-corrected chi connectivity index (χ4v) is 4.28. The quantitative estimate of drug-likeness (QED) is 0.402. The Morgan fingerprint density at radius 3 is 2.28 bits per heavy atom. The number of rotatable bonds is 3. The number of carbonyl (C=O) groups excluding carboxylic acids is 1. The Morgan fingerprint density at radius 2 is 1.68 bits per heavy atom. The molecule has 0 aliphatic carbocycles. The monoisotopic (exact) mass is 372 g/mol. The lowest BCUT2D eigenvalue weighted by atomic mass is 10.2. The lowest BCUT2D eigenvalue weighted by molar-refractivity contribution is -0.384. The van der Waals surface area contributed by atoms with Gasteiger partial charge in [0.15, 0.2) is 0 Å². The maximum absolute atomic E-state index is 12.4. The molecule has 2 aromatic carbocycles. The van der Waals surface area contributed by atoms with Crippen LogP contribution in [0.2, 0.25) is 0 Å². The van der Waals surface area contributed by atoms with E-state index < -0.39 is 4.92 Å². The van der Waals surface area contributed by atoms with Crippen molar-refractivity contribution in [3.63, 3.8) is 0 Å². The molecule has 126 valence electrons. The van der Waals surface area contributed by atoms with Crippen LogP contribution in [0, 0.1) is 10.1 Å². The molecule has 0 saturated heterocycles. The number of non-ortho nitro benzene ring substituents is 1. The second-order valence-electron chi connectivity index (χ2n) is 4.85. The fraction of sp³-hybridized carbons (Fsp3) is 0.0625. The topological polar surface area (TPSA) is 89.9 Å². The number of nitro benzene ring substituents is 1. The summed E-state index contributed by atoms with van der Waals surface area (Å²) in [6, 6.07) is 14.8. The maximum atomic E-state index is 12.4. The summed E-state index contributed by atoms with van der Waals surface area (Å²) in [5.41, 5.74) is 1.14. The average molecular weight is 372 g/mol. The van der Waals surface area contributed by atoms with Gasteiger partial charge in [-0.3, -0.25) is 24.5 Å². The molecule has 1 amide bonds. The van der Waals surface area contributed by atoms with E-state index in [-0.39, 0.29) is 11.6 Å². The first-order chi connectivity index (χ1) is 12.1. The number of aromatic nitrogens is 1. The molecule has 0 fully saturated rings. The minimum Gasteiger partial charge on any atom is -0.267 e. The summed E-state index contributed by atoms with van der Waals surface area (Å²) >= 11 is 0. The molecule has 0 atom stereocenters. The largest absolute Gasteiger partial charge is 0.279 e. The van der Waals surface area contributed by atoms with Gasteiger partial charge in [0, 0.05) is 24.7 Å². The Kier molecular flexibility index (Phi) is 4.96. The number of nitro groups is 1. The molecule has 25 heavy (non-hydrogen) atoms. The highest BCUT2D eigenvalue weighted by Gasteiger charge is 2.10. The number of nitrogens with zero attached hydrogens (tertiary/aromatic N) is 4. The van der Waals surface area contributed by atoms with Crippen molar-refractivity contribution in [2.45, 2.75) is 0 Å². The van der Waals surface area contributed by atoms with Gasteiger partial charge in [-0.1, -0.05) is 18.2 Å². The predicted octanol–water partition coefficient (Wildman–Crippen LogP) is 2.78. The summed E-state index contributed by atoms with van der Waals surface area (Å²) in [4.78, 5) is 32.2. The minimum absolute atomic E-state index is 0.00269. The molecule has 0 radical (unpaired) electrons. The Morgan fingerprint density at radius 1 is 1.04 bits per heavy atom. The minimum atomic E-state index is -0.458. The van der Waals surface area contributed by atoms with Crippen molar-refractivity contribution in [3.05, 3.63) is 79.9 Å². The second kappa shape index (κ2) is 7.32. The van der Waals surface area contributed by atoms with E-state index in [4.69, 9.17) is 0 Å². The molecule has 0 unspecified atom stereocenters. The van der Waals surface area contributed by atoms with Gasteiger partial charge >= 0.3 is 0 Å². The van der Waals surface area contributed by atoms with Gasteiger partial charge in [-0.25, -0.2) is 0 Å². The first-order valence-corrected chi connectivity index (χ1v) is 9.29. The summed E-state index contributed by atoms with van der Waals surface area (Å²) in [5, 5.41) is 10.8. The smallest absolute Gasteiger partial charge is 0.267 e. The van der Waals surface area contributed by atoms with Crippen LogP contribution in [-0.4, -0.2) is 22.4 Å². The third-order valence-electron chi connectivity index (χ3n) is 3.30. The Bertz CT molecular complexity index is 1050. The van der Waals surface area contributed by atoms with E-state index in [1.807, 2.05) is 6.07 Å². The van der Waals surface area contributed by atoms with Crippen molar-refractivity contribution in [1.82, 2.24) is 4.57 Å². The van der Waals surface area contributed by atoms with Crippen LogP contribution >= 0.6 is 20.7 Å². The van der Waals surface area contributed by atoms with Gasteiger partial charge in [-0.2, -0.15) is 4.99 Å². The summed E-state index contributed by atoms with van der Waals surface area (Å²) in [5.74, 6) is -0.354. The molecule has 0 spiro atoms. The highest BCUT2D eigenvalue weighted by molar-refractivity contribution is 7.67. The summed E-state index contributed by atoms with van der Waals surface area (Å²) in [6.07, 6.45) is 0. The van der Waals surface area contributed by atoms with Crippen LogP contribution in [0.4, 0.5) is 5.69 Å². The van der Waals surface area contributed by atoms with Crippen molar-refractivity contribution < 1.29 is 9.72 Å². The second-order valence-corrected chi connectivity index (χ2v) is 6.91. The van der Waals surface area contributed by atoms with E-state index in [1.54, 1.807) is 48.0 Å². The molecule has 0 N–H and O–H groups in total. The molecule has 7 nitrogen and oxygen atoms in total. The van der Waals surface area contributed by atoms with Crippen molar-refractivity contribution in [3.8, 4) is 5.69 Å². The maximum Gasteiger partial charge on any atom is 0.279 e. The van der Waals surface area contributed by atoms with Crippen LogP contribution < -0.4 is 9.60 Å². The molecule has 1 heterocycles. The number of hydrogen-bond acceptors (Lipinski definition) is 6. The molecule has 1 aromatic heterocycles. The standard InChI is InChI=1S/C16H12N4O3S2/c1-17-15-19(12-7-9-13(10-8-12)20(22)23)16(25-24-15)18-14(21)11-5-3-2-4-6-11/h2-10H,1H3. The van der Waals surface area contributed by atoms with Crippen molar-refractivity contribution in [1.29, 1.82) is 0 Å². The van der Waals surface area contributed by atoms with Crippen LogP contribution in [0.15, 0.2) is 64.6 Å². The van der Waals surface area contributed by atoms with Crippen molar-refractivity contribution in [2.24, 2.45) is 9.98 Å². The molecule has 0 bridgehead atoms. The molecule has 0 aliphatic heterocycles. The third-order valence-corrected chi connectivity index (χ3v) is 5.47. The molecule has 0 aliphatic rings. The predicted molar refractivity (Wildman–Crippen MR) is 96.0 cm³/mol. The van der Waals surface area contributed by atoms with Crippen LogP contribution in [0.1, 0.15) is 10.4 Å². The van der Waals surface area contributed by atoms with Gasteiger partial charge < -0.3 is 0 Å². The van der Waals surface area contributed by atoms with Crippen molar-refractivity contribution >= 4 is 32.3 Å². The van der Waals surface area contributed by atoms with Gasteiger partial charge in [-0.05, 0) is 44.9 Å². The van der Waals surface area contributed by atoms with Crippen LogP contribution in [0.3, 0.4) is 0 Å². The first kappa shape index (κ1) is 16.9. The molecule has 9 heteroatoms. The SMILES string of the molecule is CN=c1ssc(=NC(=O)c2ccccc2)n1-c1ccc([N+](=O)[O-])cc1. The molecular formula is C16H12N4O3S2. The number of benzene rings is 2. The normalized spacial score (nSPS) is 12.4. The Balaban J connectivity index is 2.11. The lowest BCUT2D eigenvalue weighted by Crippen LogP contribution is -2.25. The number of amides is 1. The van der Waals surface area contributed by atoms with Crippen LogP contribution in [0.25, 0.3) is 5.69 Å². The van der Waals surface area contributed by atoms with Crippen LogP contribution in [0.5, 0.6) is 0 Å². The molecular weight excluding hydrogens is 360 g/mol. The highest BCUT2D eigenvalue weighted by Crippen LogP contribution is 2.14. The van der Waals surface area contributed by atoms with Crippen LogP contribution in [-0.2, 0) is 0 Å². The molecule has 3 rings (SSSR count). The van der Waals surface area contributed by atoms with Gasteiger partial charge in [-0.15, -0.1) is 0 Å². The van der Waals surface area contributed by atoms with E-state index in [9.17, 15) is 14.9 Å². The first-order valence-electron chi connectivity index (χ1n) is 7.14. The van der Waals surface area contributed by atoms with Gasteiger partial charge in [0.2, 0.25) is 9.60 Å². The van der Waals surface area contributed by atoms with Gasteiger partial charge in [0.05, 0.1) is 10.6 Å². The Hall–Kier alpha value is -2.91. The van der Waals surface area contributed by atoms with Gasteiger partial charge in [0.25, 0.3) is 11.6 Å². The summed E-state index contributed by atoms with van der Waals surface area (Å²) in [7, 11) is 4.34.